The number of benzene rings is 1. The van der Waals surface area contributed by atoms with E-state index in [1.807, 2.05) is 26.1 Å². The number of carbonyl (C=O) groups is 1. The average Bonchev–Trinajstić information content (AvgIpc) is 2.80. The number of hydrogen-bond donors (Lipinski definition) is 0. The van der Waals surface area contributed by atoms with Gasteiger partial charge in [-0.2, -0.15) is 0 Å². The molecule has 1 aliphatic heterocycles. The van der Waals surface area contributed by atoms with Crippen molar-refractivity contribution in [2.24, 2.45) is 7.05 Å². The van der Waals surface area contributed by atoms with Crippen LogP contribution in [0.25, 0.3) is 10.9 Å². The number of carbonyl (C=O) groups excluding carboxylic acids is 1. The molecule has 0 aliphatic carbocycles. The Balaban J connectivity index is 1.80. The summed E-state index contributed by atoms with van der Waals surface area (Å²) < 4.78 is 2.12. The monoisotopic (exact) mass is 299 g/mol. The first kappa shape index (κ1) is 15.3. The van der Waals surface area contributed by atoms with Crippen LogP contribution >= 0.6 is 0 Å². The summed E-state index contributed by atoms with van der Waals surface area (Å²) in [5.41, 5.74) is 3.11. The maximum atomic E-state index is 12.8. The molecule has 2 aromatic rings. The highest BCUT2D eigenvalue weighted by molar-refractivity contribution is 6.10. The molecule has 1 aromatic carbocycles. The van der Waals surface area contributed by atoms with Crippen molar-refractivity contribution < 1.29 is 4.79 Å². The van der Waals surface area contributed by atoms with E-state index in [0.717, 1.165) is 54.9 Å². The summed E-state index contributed by atoms with van der Waals surface area (Å²) in [6.45, 7) is 9.99. The van der Waals surface area contributed by atoms with Gasteiger partial charge in [0.1, 0.15) is 0 Å². The zero-order valence-corrected chi connectivity index (χ0v) is 13.8. The number of aromatic nitrogens is 1. The summed E-state index contributed by atoms with van der Waals surface area (Å²) >= 11 is 0. The summed E-state index contributed by atoms with van der Waals surface area (Å²) in [4.78, 5) is 17.6. The van der Waals surface area contributed by atoms with Crippen molar-refractivity contribution in [1.29, 1.82) is 0 Å². The van der Waals surface area contributed by atoms with Crippen molar-refractivity contribution in [3.63, 3.8) is 0 Å². The minimum Gasteiger partial charge on any atom is -0.347 e. The van der Waals surface area contributed by atoms with Crippen LogP contribution in [0.5, 0.6) is 0 Å². The van der Waals surface area contributed by atoms with Crippen LogP contribution in [-0.2, 0) is 7.05 Å². The Labute approximate surface area is 132 Å². The number of nitrogens with zero attached hydrogens (tertiary/aromatic N) is 3. The molecule has 1 fully saturated rings. The molecule has 4 heteroatoms. The van der Waals surface area contributed by atoms with Crippen LogP contribution in [0.1, 0.15) is 23.0 Å². The maximum Gasteiger partial charge on any atom is 0.179 e. The summed E-state index contributed by atoms with van der Waals surface area (Å²) in [5, 5.41) is 1.08. The number of Topliss-reactive ketones (excluding diaryl/α,β-unsaturated/α-hetero) is 1. The first-order valence-electron chi connectivity index (χ1n) is 8.13. The lowest BCUT2D eigenvalue weighted by Gasteiger charge is -2.33. The largest absolute Gasteiger partial charge is 0.347 e. The van der Waals surface area contributed by atoms with Crippen molar-refractivity contribution in [2.75, 3.05) is 39.3 Å². The molecular weight excluding hydrogens is 274 g/mol. The average molecular weight is 299 g/mol. The summed E-state index contributed by atoms with van der Waals surface area (Å²) in [6, 6.07) is 8.18. The second-order valence-electron chi connectivity index (χ2n) is 6.17. The van der Waals surface area contributed by atoms with Gasteiger partial charge in [-0.05, 0) is 19.5 Å². The van der Waals surface area contributed by atoms with Crippen LogP contribution < -0.4 is 0 Å². The summed E-state index contributed by atoms with van der Waals surface area (Å²) in [6.07, 6.45) is 0. The third-order valence-electron chi connectivity index (χ3n) is 4.96. The van der Waals surface area contributed by atoms with Gasteiger partial charge in [0.05, 0.1) is 6.54 Å². The second-order valence-corrected chi connectivity index (χ2v) is 6.17. The fourth-order valence-corrected chi connectivity index (χ4v) is 3.42. The van der Waals surface area contributed by atoms with E-state index in [-0.39, 0.29) is 5.78 Å². The maximum absolute atomic E-state index is 12.8. The molecule has 0 amide bonds. The number of para-hydroxylation sites is 1. The number of hydrogen-bond acceptors (Lipinski definition) is 3. The van der Waals surface area contributed by atoms with Gasteiger partial charge in [-0.25, -0.2) is 0 Å². The van der Waals surface area contributed by atoms with E-state index in [1.54, 1.807) is 0 Å². The van der Waals surface area contributed by atoms with Gasteiger partial charge in [-0.1, -0.05) is 25.1 Å². The van der Waals surface area contributed by atoms with Gasteiger partial charge in [0.25, 0.3) is 0 Å². The normalized spacial score (nSPS) is 17.2. The van der Waals surface area contributed by atoms with Crippen LogP contribution in [0.2, 0.25) is 0 Å². The van der Waals surface area contributed by atoms with E-state index < -0.39 is 0 Å². The van der Waals surface area contributed by atoms with Crippen molar-refractivity contribution in [1.82, 2.24) is 14.4 Å². The quantitative estimate of drug-likeness (QED) is 0.811. The summed E-state index contributed by atoms with van der Waals surface area (Å²) in [5.74, 6) is 0.249. The Morgan fingerprint density at radius 2 is 1.73 bits per heavy atom. The molecule has 118 valence electrons. The van der Waals surface area contributed by atoms with E-state index in [0.29, 0.717) is 6.54 Å². The number of ketones is 1. The predicted molar refractivity (Wildman–Crippen MR) is 90.5 cm³/mol. The molecule has 22 heavy (non-hydrogen) atoms. The van der Waals surface area contributed by atoms with E-state index in [9.17, 15) is 4.79 Å². The van der Waals surface area contributed by atoms with Gasteiger partial charge < -0.3 is 9.47 Å². The molecule has 0 unspecified atom stereocenters. The highest BCUT2D eigenvalue weighted by Crippen LogP contribution is 2.25. The second kappa shape index (κ2) is 6.23. The predicted octanol–water partition coefficient (Wildman–Crippen LogP) is 2.31. The fraction of sp³-hybridized carbons (Fsp3) is 0.500. The standard InChI is InChI=1S/C18H25N3O/c1-4-20-9-11-21(12-10-20)13-17(22)18-14(2)19(3)16-8-6-5-7-15(16)18/h5-8H,4,9-13H2,1-3H3. The minimum absolute atomic E-state index is 0.249. The van der Waals surface area contributed by atoms with Crippen molar-refractivity contribution in [2.45, 2.75) is 13.8 Å². The first-order chi connectivity index (χ1) is 10.6. The van der Waals surface area contributed by atoms with Crippen LogP contribution in [0.3, 0.4) is 0 Å². The Bertz CT molecular complexity index is 681. The van der Waals surface area contributed by atoms with Crippen molar-refractivity contribution in [3.05, 3.63) is 35.5 Å². The van der Waals surface area contributed by atoms with Crippen molar-refractivity contribution >= 4 is 16.7 Å². The topological polar surface area (TPSA) is 28.5 Å². The van der Waals surface area contributed by atoms with Crippen LogP contribution in [0.15, 0.2) is 24.3 Å². The van der Waals surface area contributed by atoms with Gasteiger partial charge in [0, 0.05) is 55.4 Å². The number of fused-ring (bicyclic) bond motifs is 1. The molecule has 1 aromatic heterocycles. The molecule has 1 aliphatic rings. The highest BCUT2D eigenvalue weighted by atomic mass is 16.1. The Kier molecular flexibility index (Phi) is 4.32. The Morgan fingerprint density at radius 1 is 1.09 bits per heavy atom. The molecular formula is C18H25N3O. The highest BCUT2D eigenvalue weighted by Gasteiger charge is 2.22. The van der Waals surface area contributed by atoms with Gasteiger partial charge in [0.15, 0.2) is 5.78 Å². The van der Waals surface area contributed by atoms with Crippen molar-refractivity contribution in [3.8, 4) is 0 Å². The molecule has 0 N–H and O–H groups in total. The minimum atomic E-state index is 0.249. The van der Waals surface area contributed by atoms with Gasteiger partial charge in [0.2, 0.25) is 0 Å². The Hall–Kier alpha value is -1.65. The lowest BCUT2D eigenvalue weighted by atomic mass is 10.1. The third kappa shape index (κ3) is 2.69. The molecule has 1 saturated heterocycles. The number of aryl methyl sites for hydroxylation is 1. The van der Waals surface area contributed by atoms with Crippen LogP contribution in [-0.4, -0.2) is 59.4 Å². The molecule has 0 saturated carbocycles. The molecule has 0 bridgehead atoms. The van der Waals surface area contributed by atoms with E-state index in [4.69, 9.17) is 0 Å². The third-order valence-corrected chi connectivity index (χ3v) is 4.96. The lowest BCUT2D eigenvalue weighted by molar-refractivity contribution is 0.0860. The molecule has 0 atom stereocenters. The molecule has 3 rings (SSSR count). The number of piperazine rings is 1. The van der Waals surface area contributed by atoms with E-state index in [2.05, 4.69) is 33.4 Å². The molecule has 4 nitrogen and oxygen atoms in total. The lowest BCUT2D eigenvalue weighted by Crippen LogP contribution is -2.47. The fourth-order valence-electron chi connectivity index (χ4n) is 3.42. The smallest absolute Gasteiger partial charge is 0.179 e. The summed E-state index contributed by atoms with van der Waals surface area (Å²) in [7, 11) is 2.04. The SMILES string of the molecule is CCN1CCN(CC(=O)c2c(C)n(C)c3ccccc23)CC1. The van der Waals surface area contributed by atoms with E-state index in [1.165, 1.54) is 0 Å². The van der Waals surface area contributed by atoms with Gasteiger partial charge in [-0.3, -0.25) is 9.69 Å². The zero-order chi connectivity index (χ0) is 15.7. The number of likely N-dealkylation sites (N-methyl/N-ethyl adjacent to an activating group) is 1. The van der Waals surface area contributed by atoms with Crippen LogP contribution in [0.4, 0.5) is 0 Å². The molecule has 0 spiro atoms. The van der Waals surface area contributed by atoms with E-state index >= 15 is 0 Å². The molecule has 0 radical (unpaired) electrons. The first-order valence-corrected chi connectivity index (χ1v) is 8.13. The Morgan fingerprint density at radius 3 is 2.41 bits per heavy atom. The van der Waals surface area contributed by atoms with Gasteiger partial charge in [-0.15, -0.1) is 0 Å². The number of rotatable bonds is 4. The van der Waals surface area contributed by atoms with Gasteiger partial charge >= 0.3 is 0 Å². The zero-order valence-electron chi connectivity index (χ0n) is 13.8. The molecule has 2 heterocycles. The van der Waals surface area contributed by atoms with Crippen LogP contribution in [0, 0.1) is 6.92 Å².